The first kappa shape index (κ1) is 14.5. The van der Waals surface area contributed by atoms with Gasteiger partial charge in [-0.05, 0) is 50.2 Å². The third kappa shape index (κ3) is 1.32. The van der Waals surface area contributed by atoms with Crippen LogP contribution in [0.4, 0.5) is 0 Å². The van der Waals surface area contributed by atoms with Gasteiger partial charge in [0.1, 0.15) is 18.0 Å². The second-order valence-electron chi connectivity index (χ2n) is 8.31. The van der Waals surface area contributed by atoms with Gasteiger partial charge < -0.3 is 14.9 Å². The lowest BCUT2D eigenvalue weighted by atomic mass is 9.55. The van der Waals surface area contributed by atoms with Gasteiger partial charge in [0.2, 0.25) is 0 Å². The zero-order valence-electron chi connectivity index (χ0n) is 14.0. The molecule has 3 aliphatic carbocycles. The van der Waals surface area contributed by atoms with Crippen molar-refractivity contribution in [1.29, 1.82) is 0 Å². The molecule has 1 heterocycles. The van der Waals surface area contributed by atoms with Crippen molar-refractivity contribution in [2.45, 2.75) is 50.7 Å². The van der Waals surface area contributed by atoms with Crippen LogP contribution in [0.3, 0.4) is 0 Å². The molecule has 1 aliphatic heterocycles. The van der Waals surface area contributed by atoms with Crippen LogP contribution >= 0.6 is 0 Å². The number of carbonyl (C=O) groups is 1. The number of phenols is 1. The molecular weight excluding hydrogens is 304 g/mol. The number of aliphatic hydroxyl groups excluding tert-OH is 1. The van der Waals surface area contributed by atoms with E-state index in [1.807, 2.05) is 19.9 Å². The van der Waals surface area contributed by atoms with E-state index in [1.54, 1.807) is 6.08 Å². The van der Waals surface area contributed by atoms with E-state index in [0.29, 0.717) is 5.92 Å². The minimum atomic E-state index is -0.871. The van der Waals surface area contributed by atoms with Crippen molar-refractivity contribution in [3.05, 3.63) is 34.9 Å². The van der Waals surface area contributed by atoms with Crippen LogP contribution in [0.5, 0.6) is 5.75 Å². The molecule has 5 rings (SSSR count). The van der Waals surface area contributed by atoms with Gasteiger partial charge in [-0.15, -0.1) is 0 Å². The lowest BCUT2D eigenvalue weighted by molar-refractivity contribution is -0.151. The molecule has 6 atom stereocenters. The molecule has 2 N–H and O–H groups in total. The molecule has 126 valence electrons. The van der Waals surface area contributed by atoms with E-state index in [0.717, 1.165) is 41.5 Å². The smallest absolute Gasteiger partial charge is 0.312 e. The summed E-state index contributed by atoms with van der Waals surface area (Å²) in [6, 6.07) is 1.94. The van der Waals surface area contributed by atoms with Gasteiger partial charge >= 0.3 is 5.97 Å². The predicted octanol–water partition coefficient (Wildman–Crippen LogP) is 2.99. The number of carbonyl (C=O) groups excluding carboxylic acids is 1. The van der Waals surface area contributed by atoms with E-state index < -0.39 is 17.6 Å². The Bertz CT molecular complexity index is 812. The molecule has 4 nitrogen and oxygen atoms in total. The molecule has 0 aromatic heterocycles. The highest BCUT2D eigenvalue weighted by molar-refractivity contribution is 5.82. The number of aromatic hydroxyl groups is 1. The Kier molecular flexibility index (Phi) is 2.45. The summed E-state index contributed by atoms with van der Waals surface area (Å²) in [5, 5.41) is 21.9. The van der Waals surface area contributed by atoms with Crippen LogP contribution in [0.1, 0.15) is 54.5 Å². The summed E-state index contributed by atoms with van der Waals surface area (Å²) in [6.45, 7) is 7.71. The van der Waals surface area contributed by atoms with Crippen molar-refractivity contribution in [2.24, 2.45) is 17.3 Å². The van der Waals surface area contributed by atoms with E-state index >= 15 is 0 Å². The number of aryl methyl sites for hydroxylation is 1. The SMILES string of the molecule is C=Cc1c(C)cc2c(c1O)[C@]13C[C@H]1CC[C@@]1(C)C(=O)O[C@H]([C@H]2O)[C@@H]31. The van der Waals surface area contributed by atoms with Gasteiger partial charge in [-0.3, -0.25) is 4.79 Å². The standard InChI is InChI=1S/C20H22O4/c1-4-11-9(2)7-12-13(14(11)21)20-8-10(20)5-6-19(3)17(20)16(15(12)22)24-18(19)23/h4,7,10,15-17,21-22H,1,5-6,8H2,2-3H3/t10-,15+,16-,17-,19-,20+/m1/s1. The van der Waals surface area contributed by atoms with E-state index in [2.05, 4.69) is 6.58 Å². The Labute approximate surface area is 141 Å². The third-order valence-corrected chi connectivity index (χ3v) is 7.32. The predicted molar refractivity (Wildman–Crippen MR) is 88.4 cm³/mol. The summed E-state index contributed by atoms with van der Waals surface area (Å²) >= 11 is 0. The normalized spacial score (nSPS) is 44.2. The molecule has 0 radical (unpaired) electrons. The second-order valence-corrected chi connectivity index (χ2v) is 8.31. The average Bonchev–Trinajstić information content (AvgIpc) is 3.18. The zero-order chi connectivity index (χ0) is 17.0. The number of phenolic OH excluding ortho intramolecular Hbond substituents is 1. The highest BCUT2D eigenvalue weighted by Gasteiger charge is 2.77. The number of esters is 1. The van der Waals surface area contributed by atoms with Gasteiger partial charge in [-0.25, -0.2) is 0 Å². The molecule has 24 heavy (non-hydrogen) atoms. The summed E-state index contributed by atoms with van der Waals surface area (Å²) in [6.07, 6.45) is 3.06. The molecule has 0 bridgehead atoms. The summed E-state index contributed by atoms with van der Waals surface area (Å²) < 4.78 is 5.69. The van der Waals surface area contributed by atoms with Crippen LogP contribution in [0.2, 0.25) is 0 Å². The molecular formula is C20H22O4. The molecule has 3 fully saturated rings. The Morgan fingerprint density at radius 3 is 2.92 bits per heavy atom. The van der Waals surface area contributed by atoms with E-state index in [-0.39, 0.29) is 23.1 Å². The van der Waals surface area contributed by atoms with Crippen molar-refractivity contribution in [3.8, 4) is 5.75 Å². The van der Waals surface area contributed by atoms with E-state index in [4.69, 9.17) is 4.74 Å². The van der Waals surface area contributed by atoms with Crippen LogP contribution in [0, 0.1) is 24.2 Å². The van der Waals surface area contributed by atoms with Gasteiger partial charge in [-0.1, -0.05) is 18.7 Å². The third-order valence-electron chi connectivity index (χ3n) is 7.32. The molecule has 1 saturated heterocycles. The molecule has 0 unspecified atom stereocenters. The van der Waals surface area contributed by atoms with Crippen molar-refractivity contribution < 1.29 is 19.7 Å². The number of fused-ring (bicyclic) bond motifs is 1. The summed E-state index contributed by atoms with van der Waals surface area (Å²) in [5.41, 5.74) is 2.42. The number of aliphatic hydroxyl groups is 1. The van der Waals surface area contributed by atoms with E-state index in [1.165, 1.54) is 0 Å². The fourth-order valence-corrected chi connectivity index (χ4v) is 6.21. The summed E-state index contributed by atoms with van der Waals surface area (Å²) in [4.78, 5) is 12.6. The first-order chi connectivity index (χ1) is 11.4. The Morgan fingerprint density at radius 2 is 2.21 bits per heavy atom. The maximum absolute atomic E-state index is 12.6. The first-order valence-electron chi connectivity index (χ1n) is 8.75. The Morgan fingerprint density at radius 1 is 1.46 bits per heavy atom. The van der Waals surface area contributed by atoms with Gasteiger partial charge in [0, 0.05) is 22.5 Å². The largest absolute Gasteiger partial charge is 0.507 e. The average molecular weight is 326 g/mol. The first-order valence-corrected chi connectivity index (χ1v) is 8.75. The van der Waals surface area contributed by atoms with Crippen molar-refractivity contribution in [2.75, 3.05) is 0 Å². The minimum Gasteiger partial charge on any atom is -0.507 e. The van der Waals surface area contributed by atoms with Gasteiger partial charge in [0.05, 0.1) is 5.41 Å². The molecule has 2 saturated carbocycles. The van der Waals surface area contributed by atoms with Crippen LogP contribution in [0.25, 0.3) is 6.08 Å². The molecule has 1 spiro atoms. The number of hydrogen-bond donors (Lipinski definition) is 2. The van der Waals surface area contributed by atoms with Crippen LogP contribution in [-0.4, -0.2) is 22.3 Å². The van der Waals surface area contributed by atoms with Crippen molar-refractivity contribution in [3.63, 3.8) is 0 Å². The van der Waals surface area contributed by atoms with Gasteiger partial charge in [0.15, 0.2) is 0 Å². The topological polar surface area (TPSA) is 66.8 Å². The van der Waals surface area contributed by atoms with Crippen molar-refractivity contribution >= 4 is 12.0 Å². The van der Waals surface area contributed by atoms with Crippen molar-refractivity contribution in [1.82, 2.24) is 0 Å². The molecule has 4 heteroatoms. The van der Waals surface area contributed by atoms with Gasteiger partial charge in [0.25, 0.3) is 0 Å². The Hall–Kier alpha value is -1.81. The molecule has 4 aliphatic rings. The molecule has 1 aromatic rings. The zero-order valence-corrected chi connectivity index (χ0v) is 14.0. The second kappa shape index (κ2) is 4.05. The highest BCUT2D eigenvalue weighted by atomic mass is 16.6. The summed E-state index contributed by atoms with van der Waals surface area (Å²) in [5.74, 6) is 0.466. The Balaban J connectivity index is 1.84. The number of hydrogen-bond acceptors (Lipinski definition) is 4. The molecule has 0 amide bonds. The minimum absolute atomic E-state index is 0.0509. The quantitative estimate of drug-likeness (QED) is 0.779. The maximum atomic E-state index is 12.6. The highest BCUT2D eigenvalue weighted by Crippen LogP contribution is 2.76. The maximum Gasteiger partial charge on any atom is 0.312 e. The van der Waals surface area contributed by atoms with Crippen LogP contribution in [-0.2, 0) is 14.9 Å². The van der Waals surface area contributed by atoms with Crippen LogP contribution < -0.4 is 0 Å². The molecule has 1 aromatic carbocycles. The van der Waals surface area contributed by atoms with Crippen LogP contribution in [0.15, 0.2) is 12.6 Å². The van der Waals surface area contributed by atoms with Gasteiger partial charge in [-0.2, -0.15) is 0 Å². The number of benzene rings is 1. The lowest BCUT2D eigenvalue weighted by Gasteiger charge is -2.46. The summed E-state index contributed by atoms with van der Waals surface area (Å²) in [7, 11) is 0. The fourth-order valence-electron chi connectivity index (χ4n) is 6.21. The fraction of sp³-hybridized carbons (Fsp3) is 0.550. The number of ether oxygens (including phenoxy) is 1. The van der Waals surface area contributed by atoms with E-state index in [9.17, 15) is 15.0 Å². The monoisotopic (exact) mass is 326 g/mol. The lowest BCUT2D eigenvalue weighted by Crippen LogP contribution is -2.49. The number of rotatable bonds is 1.